The van der Waals surface area contributed by atoms with Crippen LogP contribution >= 0.6 is 15.9 Å². The van der Waals surface area contributed by atoms with Crippen LogP contribution in [0.1, 0.15) is 21.5 Å². The largest absolute Gasteiger partial charge is 0.496 e. The molecule has 0 radical (unpaired) electrons. The Kier molecular flexibility index (Phi) is 4.32. The summed E-state index contributed by atoms with van der Waals surface area (Å²) in [5.74, 6) is 0.764. The van der Waals surface area contributed by atoms with Gasteiger partial charge in [0.25, 0.3) is 0 Å². The molecule has 0 aliphatic carbocycles. The highest BCUT2D eigenvalue weighted by Crippen LogP contribution is 2.22. The number of aryl methyl sites for hydroxylation is 1. The first kappa shape index (κ1) is 13.7. The van der Waals surface area contributed by atoms with Crippen molar-refractivity contribution in [3.05, 3.63) is 57.8 Å². The highest BCUT2D eigenvalue weighted by Gasteiger charge is 2.11. The highest BCUT2D eigenvalue weighted by atomic mass is 79.9. The summed E-state index contributed by atoms with van der Waals surface area (Å²) in [4.78, 5) is 16.2. The van der Waals surface area contributed by atoms with Gasteiger partial charge in [-0.2, -0.15) is 0 Å². The van der Waals surface area contributed by atoms with Crippen molar-refractivity contribution < 1.29 is 9.53 Å². The van der Waals surface area contributed by atoms with Crippen LogP contribution in [0.15, 0.2) is 41.1 Å². The summed E-state index contributed by atoms with van der Waals surface area (Å²) in [5.41, 5.74) is 2.60. The van der Waals surface area contributed by atoms with Crippen molar-refractivity contribution in [1.29, 1.82) is 0 Å². The lowest BCUT2D eigenvalue weighted by atomic mass is 10.0. The van der Waals surface area contributed by atoms with Gasteiger partial charge in [0.2, 0.25) is 0 Å². The normalized spacial score (nSPS) is 10.3. The van der Waals surface area contributed by atoms with Gasteiger partial charge in [0.05, 0.1) is 7.11 Å². The Morgan fingerprint density at radius 1 is 1.32 bits per heavy atom. The number of rotatable bonds is 4. The minimum Gasteiger partial charge on any atom is -0.496 e. The Morgan fingerprint density at radius 2 is 2.11 bits per heavy atom. The lowest BCUT2D eigenvalue weighted by Gasteiger charge is -2.09. The molecule has 2 rings (SSSR count). The Balaban J connectivity index is 2.26. The third-order valence-corrected chi connectivity index (χ3v) is 3.25. The SMILES string of the molecule is COc1ccc(C)cc1CC(=O)c1cncc(Br)c1. The number of benzene rings is 1. The number of halogens is 1. The molecule has 0 aliphatic heterocycles. The van der Waals surface area contributed by atoms with Crippen molar-refractivity contribution in [2.24, 2.45) is 0 Å². The van der Waals surface area contributed by atoms with Crippen LogP contribution in [0.5, 0.6) is 5.75 Å². The first-order chi connectivity index (χ1) is 9.10. The van der Waals surface area contributed by atoms with E-state index in [0.29, 0.717) is 12.0 Å². The first-order valence-electron chi connectivity index (χ1n) is 5.87. The fraction of sp³-hybridized carbons (Fsp3) is 0.200. The van der Waals surface area contributed by atoms with Crippen LogP contribution in [0.4, 0.5) is 0 Å². The van der Waals surface area contributed by atoms with Crippen molar-refractivity contribution >= 4 is 21.7 Å². The van der Waals surface area contributed by atoms with Crippen LogP contribution in [0.2, 0.25) is 0 Å². The van der Waals surface area contributed by atoms with Gasteiger partial charge in [0.15, 0.2) is 5.78 Å². The van der Waals surface area contributed by atoms with E-state index < -0.39 is 0 Å². The third kappa shape index (κ3) is 3.41. The Hall–Kier alpha value is -1.68. The van der Waals surface area contributed by atoms with Crippen molar-refractivity contribution in [2.75, 3.05) is 7.11 Å². The summed E-state index contributed by atoms with van der Waals surface area (Å²) in [6, 6.07) is 7.60. The fourth-order valence-corrected chi connectivity index (χ4v) is 2.25. The molecule has 0 N–H and O–H groups in total. The maximum absolute atomic E-state index is 12.2. The van der Waals surface area contributed by atoms with E-state index in [4.69, 9.17) is 4.74 Å². The number of ketones is 1. The number of hydrogen-bond acceptors (Lipinski definition) is 3. The first-order valence-corrected chi connectivity index (χ1v) is 6.66. The lowest BCUT2D eigenvalue weighted by molar-refractivity contribution is 0.0991. The van der Waals surface area contributed by atoms with Crippen molar-refractivity contribution in [1.82, 2.24) is 4.98 Å². The summed E-state index contributed by atoms with van der Waals surface area (Å²) in [5, 5.41) is 0. The molecule has 19 heavy (non-hydrogen) atoms. The van der Waals surface area contributed by atoms with E-state index in [1.54, 1.807) is 25.6 Å². The van der Waals surface area contributed by atoms with Crippen molar-refractivity contribution in [3.63, 3.8) is 0 Å². The van der Waals surface area contributed by atoms with Gasteiger partial charge in [0, 0.05) is 34.4 Å². The van der Waals surface area contributed by atoms with Gasteiger partial charge in [-0.15, -0.1) is 0 Å². The molecule has 1 heterocycles. The maximum Gasteiger partial charge on any atom is 0.168 e. The molecule has 1 aromatic heterocycles. The van der Waals surface area contributed by atoms with Gasteiger partial charge in [-0.25, -0.2) is 0 Å². The Labute approximate surface area is 120 Å². The molecule has 0 saturated carbocycles. The molecule has 0 unspecified atom stereocenters. The molecule has 0 bridgehead atoms. The Morgan fingerprint density at radius 3 is 2.79 bits per heavy atom. The topological polar surface area (TPSA) is 39.2 Å². The van der Waals surface area contributed by atoms with Gasteiger partial charge in [-0.1, -0.05) is 17.7 Å². The monoisotopic (exact) mass is 319 g/mol. The number of carbonyl (C=O) groups is 1. The van der Waals surface area contributed by atoms with Gasteiger partial charge < -0.3 is 4.74 Å². The smallest absolute Gasteiger partial charge is 0.168 e. The van der Waals surface area contributed by atoms with E-state index in [-0.39, 0.29) is 5.78 Å². The van der Waals surface area contributed by atoms with E-state index in [1.165, 1.54) is 0 Å². The predicted octanol–water partition coefficient (Wildman–Crippen LogP) is 3.59. The quantitative estimate of drug-likeness (QED) is 0.808. The average molecular weight is 320 g/mol. The van der Waals surface area contributed by atoms with Gasteiger partial charge in [0.1, 0.15) is 5.75 Å². The van der Waals surface area contributed by atoms with Crippen molar-refractivity contribution in [3.8, 4) is 5.75 Å². The molecule has 0 atom stereocenters. The van der Waals surface area contributed by atoms with E-state index in [9.17, 15) is 4.79 Å². The lowest BCUT2D eigenvalue weighted by Crippen LogP contribution is -2.05. The molecular formula is C15H14BrNO2. The van der Waals surface area contributed by atoms with Crippen LogP contribution in [-0.2, 0) is 6.42 Å². The number of pyridine rings is 1. The summed E-state index contributed by atoms with van der Waals surface area (Å²) in [7, 11) is 1.61. The van der Waals surface area contributed by atoms with E-state index in [2.05, 4.69) is 20.9 Å². The van der Waals surface area contributed by atoms with Gasteiger partial charge >= 0.3 is 0 Å². The number of nitrogens with zero attached hydrogens (tertiary/aromatic N) is 1. The van der Waals surface area contributed by atoms with Gasteiger partial charge in [-0.3, -0.25) is 9.78 Å². The standard InChI is InChI=1S/C15H14BrNO2/c1-10-3-4-15(19-2)11(5-10)7-14(18)12-6-13(16)9-17-8-12/h3-6,8-9H,7H2,1-2H3. The number of methoxy groups -OCH3 is 1. The minimum absolute atomic E-state index is 0.0256. The summed E-state index contributed by atoms with van der Waals surface area (Å²) < 4.78 is 6.08. The van der Waals surface area contributed by atoms with E-state index in [0.717, 1.165) is 21.3 Å². The third-order valence-electron chi connectivity index (χ3n) is 2.81. The molecule has 4 heteroatoms. The molecule has 0 aliphatic rings. The molecule has 1 aromatic carbocycles. The number of carbonyl (C=O) groups excluding carboxylic acids is 1. The van der Waals surface area contributed by atoms with Crippen LogP contribution in [-0.4, -0.2) is 17.9 Å². The van der Waals surface area contributed by atoms with E-state index >= 15 is 0 Å². The van der Waals surface area contributed by atoms with Crippen molar-refractivity contribution in [2.45, 2.75) is 13.3 Å². The minimum atomic E-state index is 0.0256. The zero-order chi connectivity index (χ0) is 13.8. The predicted molar refractivity (Wildman–Crippen MR) is 77.7 cm³/mol. The number of ether oxygens (including phenoxy) is 1. The van der Waals surface area contributed by atoms with Gasteiger partial charge in [-0.05, 0) is 35.0 Å². The van der Waals surface area contributed by atoms with Crippen LogP contribution < -0.4 is 4.74 Å². The fourth-order valence-electron chi connectivity index (χ4n) is 1.88. The molecule has 0 spiro atoms. The molecule has 98 valence electrons. The average Bonchev–Trinajstić information content (AvgIpc) is 2.39. The second-order valence-corrected chi connectivity index (χ2v) is 5.22. The molecule has 0 fully saturated rings. The summed E-state index contributed by atoms with van der Waals surface area (Å²) >= 11 is 3.32. The molecule has 0 amide bonds. The molecule has 2 aromatic rings. The molecular weight excluding hydrogens is 306 g/mol. The van der Waals surface area contributed by atoms with Crippen LogP contribution in [0.3, 0.4) is 0 Å². The number of aromatic nitrogens is 1. The zero-order valence-electron chi connectivity index (χ0n) is 10.8. The summed E-state index contributed by atoms with van der Waals surface area (Å²) in [6.07, 6.45) is 3.54. The summed E-state index contributed by atoms with van der Waals surface area (Å²) in [6.45, 7) is 1.99. The Bertz CT molecular complexity index is 611. The maximum atomic E-state index is 12.2. The van der Waals surface area contributed by atoms with Crippen LogP contribution in [0, 0.1) is 6.92 Å². The van der Waals surface area contributed by atoms with E-state index in [1.807, 2.05) is 25.1 Å². The second-order valence-electron chi connectivity index (χ2n) is 4.31. The number of hydrogen-bond donors (Lipinski definition) is 0. The van der Waals surface area contributed by atoms with Crippen LogP contribution in [0.25, 0.3) is 0 Å². The molecule has 3 nitrogen and oxygen atoms in total. The highest BCUT2D eigenvalue weighted by molar-refractivity contribution is 9.10. The second kappa shape index (κ2) is 5.97. The number of Topliss-reactive ketones (excluding diaryl/α,β-unsaturated/α-hetero) is 1. The zero-order valence-corrected chi connectivity index (χ0v) is 12.4. The molecule has 0 saturated heterocycles.